The Bertz CT molecular complexity index is 1380. The van der Waals surface area contributed by atoms with Crippen molar-refractivity contribution in [3.63, 3.8) is 0 Å². The molecule has 3 fully saturated rings. The average Bonchev–Trinajstić information content (AvgIpc) is 3.88. The van der Waals surface area contributed by atoms with Crippen molar-refractivity contribution in [2.24, 2.45) is 11.7 Å². The number of amides is 3. The van der Waals surface area contributed by atoms with Crippen LogP contribution in [-0.4, -0.2) is 118 Å². The zero-order valence-corrected chi connectivity index (χ0v) is 30.3. The van der Waals surface area contributed by atoms with Gasteiger partial charge in [0.2, 0.25) is 11.8 Å². The molecular formula is C27H45N5O15S3. The van der Waals surface area contributed by atoms with Gasteiger partial charge >= 0.3 is 43.9 Å². The molecule has 0 spiro atoms. The van der Waals surface area contributed by atoms with E-state index in [1.54, 1.807) is 14.1 Å². The van der Waals surface area contributed by atoms with Crippen molar-refractivity contribution >= 4 is 55.7 Å². The fraction of sp³-hybridized carbons (Fsp3) is 0.630. The first-order valence-corrected chi connectivity index (χ1v) is 17.8. The highest BCUT2D eigenvalue weighted by molar-refractivity contribution is 7.59. The molecule has 2 heterocycles. The molecule has 1 aliphatic carbocycles. The Hall–Kier alpha value is -4.32. The lowest BCUT2D eigenvalue weighted by Gasteiger charge is -2.22. The van der Waals surface area contributed by atoms with Gasteiger partial charge in [0.25, 0.3) is 0 Å². The maximum absolute atomic E-state index is 12.0. The van der Waals surface area contributed by atoms with E-state index in [1.807, 2.05) is 30.3 Å². The second-order valence-corrected chi connectivity index (χ2v) is 10.9. The molecule has 3 amide bonds. The lowest BCUT2D eigenvalue weighted by molar-refractivity contribution is -0.141. The zero-order valence-electron chi connectivity index (χ0n) is 27.8. The van der Waals surface area contributed by atoms with Crippen molar-refractivity contribution in [1.82, 2.24) is 20.9 Å². The van der Waals surface area contributed by atoms with Crippen LogP contribution in [0.4, 0.5) is 4.79 Å². The van der Waals surface area contributed by atoms with Crippen LogP contribution < -0.4 is 21.7 Å². The quantitative estimate of drug-likeness (QED) is 0.236. The fourth-order valence-corrected chi connectivity index (χ4v) is 4.48. The van der Waals surface area contributed by atoms with E-state index < -0.39 is 49.9 Å². The van der Waals surface area contributed by atoms with Crippen molar-refractivity contribution in [2.45, 2.75) is 70.1 Å². The normalized spacial score (nSPS) is 16.6. The number of nitrogens with one attached hydrogen (secondary N) is 3. The first-order valence-electron chi connectivity index (χ1n) is 14.8. The molecule has 1 aromatic rings. The van der Waals surface area contributed by atoms with E-state index >= 15 is 0 Å². The van der Waals surface area contributed by atoms with Crippen molar-refractivity contribution in [3.05, 3.63) is 35.9 Å². The summed E-state index contributed by atoms with van der Waals surface area (Å²) in [7, 11) is -4.59. The smallest absolute Gasteiger partial charge is 0.425 e. The third-order valence-corrected chi connectivity index (χ3v) is 6.57. The Labute approximate surface area is 294 Å². The molecule has 4 rings (SSSR count). The van der Waals surface area contributed by atoms with E-state index in [0.29, 0.717) is 13.0 Å². The third-order valence-electron chi connectivity index (χ3n) is 6.57. The predicted octanol–water partition coefficient (Wildman–Crippen LogP) is -1.16. The standard InChI is InChI=1S/C14H18N2O3.C6H12N2O.C6H10O2.CH5N.3O3S/c1-15-13(17)12-8-5-9-16(12)14(18)19-10-11-6-3-2-4-7-11;1-7-6(9)5-3-2-4-8-5;7-6(8)5-3-1-2-4-5;1-2;3*1-4(2)3/h2-4,6-7,12H,5,8-10H2,1H3,(H,15,17);5,8H,2-4H2,1H3,(H,7,9);5H,1-4H2,(H,7,8);2H2,1H3;;;/t12-;5-;;;;;/m00...../s1. The van der Waals surface area contributed by atoms with Gasteiger partial charge in [0.05, 0.1) is 12.0 Å². The number of ether oxygens (including phenoxy) is 1. The minimum absolute atomic E-state index is 0.0185. The van der Waals surface area contributed by atoms with Crippen LogP contribution >= 0.6 is 0 Å². The first kappa shape index (κ1) is 50.1. The molecule has 0 radical (unpaired) electrons. The number of aliphatic carboxylic acids is 1. The van der Waals surface area contributed by atoms with Gasteiger partial charge in [-0.1, -0.05) is 43.2 Å². The minimum atomic E-state index is -3.11. The van der Waals surface area contributed by atoms with E-state index in [-0.39, 0.29) is 30.4 Å². The zero-order chi connectivity index (χ0) is 39.1. The lowest BCUT2D eigenvalue weighted by atomic mass is 10.1. The first-order chi connectivity index (χ1) is 23.6. The summed E-state index contributed by atoms with van der Waals surface area (Å²) in [5, 5.41) is 16.7. The number of nitrogens with zero attached hydrogens (tertiary/aromatic N) is 1. The summed E-state index contributed by atoms with van der Waals surface area (Å²) in [5.41, 5.74) is 5.44. The van der Waals surface area contributed by atoms with Crippen molar-refractivity contribution in [2.75, 3.05) is 34.2 Å². The second-order valence-electron chi connectivity index (χ2n) is 9.70. The predicted molar refractivity (Wildman–Crippen MR) is 174 cm³/mol. The molecule has 0 unspecified atom stereocenters. The largest absolute Gasteiger partial charge is 0.481 e. The monoisotopic (exact) mass is 775 g/mol. The highest BCUT2D eigenvalue weighted by atomic mass is 32.2. The lowest BCUT2D eigenvalue weighted by Crippen LogP contribution is -2.45. The fourth-order valence-electron chi connectivity index (χ4n) is 4.48. The van der Waals surface area contributed by atoms with Gasteiger partial charge in [0, 0.05) is 20.6 Å². The molecule has 2 aliphatic heterocycles. The summed E-state index contributed by atoms with van der Waals surface area (Å²) in [6.07, 6.45) is 7.23. The van der Waals surface area contributed by atoms with Crippen molar-refractivity contribution < 1.29 is 66.9 Å². The molecular weight excluding hydrogens is 731 g/mol. The number of rotatable bonds is 5. The molecule has 0 bridgehead atoms. The molecule has 2 saturated heterocycles. The van der Waals surface area contributed by atoms with Gasteiger partial charge in [-0.3, -0.25) is 19.3 Å². The molecule has 2 atom stereocenters. The van der Waals surface area contributed by atoms with Crippen LogP contribution in [0.1, 0.15) is 56.9 Å². The maximum Gasteiger partial charge on any atom is 0.425 e. The van der Waals surface area contributed by atoms with E-state index in [9.17, 15) is 19.2 Å². The highest BCUT2D eigenvalue weighted by Crippen LogP contribution is 2.24. The van der Waals surface area contributed by atoms with Crippen LogP contribution in [-0.2, 0) is 57.6 Å². The van der Waals surface area contributed by atoms with Crippen LogP contribution in [0.25, 0.3) is 0 Å². The number of carboxylic acids is 1. The number of nitrogens with two attached hydrogens (primary N) is 1. The number of hydrogen-bond acceptors (Lipinski definition) is 16. The van der Waals surface area contributed by atoms with Gasteiger partial charge < -0.3 is 31.5 Å². The SMILES string of the molecule is CN.CNC(=O)[C@@H]1CCCN1.CNC(=O)[C@@H]1CCCN1C(=O)OCc1ccccc1.O=C(O)C1CCCC1.O=S(=O)=O.O=S(=O)=O.O=S(=O)=O. The molecule has 1 saturated carbocycles. The number of carbonyl (C=O) groups is 4. The Balaban J connectivity index is -0.000000598. The van der Waals surface area contributed by atoms with E-state index in [1.165, 1.54) is 11.9 Å². The summed E-state index contributed by atoms with van der Waals surface area (Å²) in [5.74, 6) is -0.640. The van der Waals surface area contributed by atoms with Gasteiger partial charge in [-0.15, -0.1) is 37.9 Å². The average molecular weight is 776 g/mol. The Morgan fingerprint density at radius 1 is 0.780 bits per heavy atom. The topological polar surface area (TPSA) is 317 Å². The van der Waals surface area contributed by atoms with Crippen LogP contribution in [0, 0.1) is 5.92 Å². The summed E-state index contributed by atoms with van der Waals surface area (Å²) in [6.45, 7) is 1.79. The summed E-state index contributed by atoms with van der Waals surface area (Å²) in [6, 6.07) is 9.18. The molecule has 3 aliphatic rings. The summed E-state index contributed by atoms with van der Waals surface area (Å²) >= 11 is 0. The minimum Gasteiger partial charge on any atom is -0.481 e. The number of carbonyl (C=O) groups excluding carboxylic acids is 3. The third kappa shape index (κ3) is 28.7. The maximum atomic E-state index is 12.0. The Kier molecular flexibility index (Phi) is 32.0. The molecule has 6 N–H and O–H groups in total. The number of carboxylic acid groups (broad SMARTS) is 1. The molecule has 50 heavy (non-hydrogen) atoms. The van der Waals surface area contributed by atoms with Gasteiger partial charge in [0.1, 0.15) is 12.6 Å². The van der Waals surface area contributed by atoms with Crippen molar-refractivity contribution in [1.29, 1.82) is 0 Å². The summed E-state index contributed by atoms with van der Waals surface area (Å²) < 4.78 is 81.2. The Morgan fingerprint density at radius 2 is 1.26 bits per heavy atom. The summed E-state index contributed by atoms with van der Waals surface area (Å²) in [4.78, 5) is 46.2. The van der Waals surface area contributed by atoms with Crippen LogP contribution in [0.15, 0.2) is 30.3 Å². The highest BCUT2D eigenvalue weighted by Gasteiger charge is 2.34. The number of likely N-dealkylation sites (tertiary alicyclic amines) is 1. The van der Waals surface area contributed by atoms with E-state index in [0.717, 1.165) is 57.1 Å². The van der Waals surface area contributed by atoms with Gasteiger partial charge in [-0.25, -0.2) is 4.79 Å². The van der Waals surface area contributed by atoms with E-state index in [4.69, 9.17) is 47.7 Å². The number of likely N-dealkylation sites (N-methyl/N-ethyl adjacent to an activating group) is 2. The Morgan fingerprint density at radius 3 is 1.64 bits per heavy atom. The van der Waals surface area contributed by atoms with Gasteiger partial charge in [-0.05, 0) is 57.7 Å². The van der Waals surface area contributed by atoms with Gasteiger partial charge in [-0.2, -0.15) is 0 Å². The van der Waals surface area contributed by atoms with Crippen molar-refractivity contribution in [3.8, 4) is 0 Å². The molecule has 286 valence electrons. The van der Waals surface area contributed by atoms with Gasteiger partial charge in [0.15, 0.2) is 0 Å². The van der Waals surface area contributed by atoms with Crippen LogP contribution in [0.5, 0.6) is 0 Å². The van der Waals surface area contributed by atoms with Crippen LogP contribution in [0.3, 0.4) is 0 Å². The number of hydrogen-bond donors (Lipinski definition) is 5. The molecule has 23 heteroatoms. The molecule has 1 aromatic carbocycles. The molecule has 0 aromatic heterocycles. The number of benzene rings is 1. The van der Waals surface area contributed by atoms with E-state index in [2.05, 4.69) is 21.7 Å². The van der Waals surface area contributed by atoms with Crippen LogP contribution in [0.2, 0.25) is 0 Å². The second kappa shape index (κ2) is 31.9. The molecule has 20 nitrogen and oxygen atoms in total.